The Hall–Kier alpha value is -1.03. The average Bonchev–Trinajstić information content (AvgIpc) is 2.03. The lowest BCUT2D eigenvalue weighted by Crippen LogP contribution is -2.13. The molecule has 4 heteroatoms. The van der Waals surface area contributed by atoms with Gasteiger partial charge in [-0.2, -0.15) is 0 Å². The maximum absolute atomic E-state index is 12.6. The molecule has 0 radical (unpaired) electrons. The van der Waals surface area contributed by atoms with Gasteiger partial charge in [-0.15, -0.1) is 0 Å². The Morgan fingerprint density at radius 2 is 2.00 bits per heavy atom. The number of halogens is 3. The van der Waals surface area contributed by atoms with Crippen molar-refractivity contribution in [1.82, 2.24) is 0 Å². The van der Waals surface area contributed by atoms with Crippen molar-refractivity contribution in [2.45, 2.75) is 18.9 Å². The van der Waals surface area contributed by atoms with Crippen molar-refractivity contribution in [3.63, 3.8) is 0 Å². The van der Waals surface area contributed by atoms with Crippen LogP contribution < -0.4 is 5.73 Å². The lowest BCUT2D eigenvalue weighted by molar-refractivity contribution is 0.128. The lowest BCUT2D eigenvalue weighted by Gasteiger charge is -2.10. The first-order valence-electron chi connectivity index (χ1n) is 3.89. The summed E-state index contributed by atoms with van der Waals surface area (Å²) >= 11 is 0. The molecule has 0 saturated carbocycles. The number of rotatable bonds is 3. The van der Waals surface area contributed by atoms with Crippen LogP contribution in [0.3, 0.4) is 0 Å². The Labute approximate surface area is 74.4 Å². The van der Waals surface area contributed by atoms with Gasteiger partial charge in [0.15, 0.2) is 0 Å². The third kappa shape index (κ3) is 3.06. The van der Waals surface area contributed by atoms with Gasteiger partial charge in [0.1, 0.15) is 5.82 Å². The molecule has 0 fully saturated rings. The molecule has 0 aliphatic rings. The molecule has 1 atom stereocenters. The summed E-state index contributed by atoms with van der Waals surface area (Å²) in [6, 6.07) is 4.62. The van der Waals surface area contributed by atoms with Crippen molar-refractivity contribution in [2.24, 2.45) is 5.73 Å². The molecule has 0 aromatic heterocycles. The van der Waals surface area contributed by atoms with E-state index < -0.39 is 24.7 Å². The molecule has 0 heterocycles. The van der Waals surface area contributed by atoms with Gasteiger partial charge in [-0.1, -0.05) is 12.1 Å². The first kappa shape index (κ1) is 10.1. The zero-order chi connectivity index (χ0) is 9.84. The number of alkyl halides is 2. The van der Waals surface area contributed by atoms with Crippen LogP contribution in [0.2, 0.25) is 0 Å². The highest BCUT2D eigenvalue weighted by Gasteiger charge is 2.12. The maximum Gasteiger partial charge on any atom is 0.240 e. The fraction of sp³-hybridized carbons (Fsp3) is 0.333. The molecule has 1 aromatic rings. The van der Waals surface area contributed by atoms with Crippen LogP contribution in [-0.4, -0.2) is 6.43 Å². The minimum atomic E-state index is -2.46. The minimum absolute atomic E-state index is 0.403. The van der Waals surface area contributed by atoms with Crippen LogP contribution in [0, 0.1) is 5.82 Å². The number of nitrogens with two attached hydrogens (primary N) is 1. The SMILES string of the molecule is N[C@@H](CC(F)F)c1cccc(F)c1. The van der Waals surface area contributed by atoms with E-state index in [-0.39, 0.29) is 0 Å². The van der Waals surface area contributed by atoms with Gasteiger partial charge in [-0.05, 0) is 17.7 Å². The highest BCUT2D eigenvalue weighted by molar-refractivity contribution is 5.19. The van der Waals surface area contributed by atoms with Gasteiger partial charge < -0.3 is 5.73 Å². The van der Waals surface area contributed by atoms with Gasteiger partial charge in [0.2, 0.25) is 6.43 Å². The minimum Gasteiger partial charge on any atom is -0.324 e. The van der Waals surface area contributed by atoms with Crippen molar-refractivity contribution >= 4 is 0 Å². The summed E-state index contributed by atoms with van der Waals surface area (Å²) in [5.74, 6) is -0.456. The second-order valence-corrected chi connectivity index (χ2v) is 2.79. The number of hydrogen-bond acceptors (Lipinski definition) is 1. The molecule has 0 saturated heterocycles. The Bertz CT molecular complexity index is 275. The average molecular weight is 189 g/mol. The predicted molar refractivity (Wildman–Crippen MR) is 43.9 cm³/mol. The zero-order valence-corrected chi connectivity index (χ0v) is 6.88. The zero-order valence-electron chi connectivity index (χ0n) is 6.88. The van der Waals surface area contributed by atoms with Crippen LogP contribution in [0.5, 0.6) is 0 Å². The van der Waals surface area contributed by atoms with E-state index in [1.165, 1.54) is 24.3 Å². The fourth-order valence-electron chi connectivity index (χ4n) is 1.07. The molecule has 72 valence electrons. The summed E-state index contributed by atoms with van der Waals surface area (Å²) in [6.45, 7) is 0. The summed E-state index contributed by atoms with van der Waals surface area (Å²) in [4.78, 5) is 0. The molecular formula is C9H10F3N. The molecule has 0 bridgehead atoms. The highest BCUT2D eigenvalue weighted by atomic mass is 19.3. The topological polar surface area (TPSA) is 26.0 Å². The molecule has 13 heavy (non-hydrogen) atoms. The molecule has 0 unspecified atom stereocenters. The Balaban J connectivity index is 2.71. The quantitative estimate of drug-likeness (QED) is 0.776. The summed E-state index contributed by atoms with van der Waals surface area (Å²) in [5, 5.41) is 0. The van der Waals surface area contributed by atoms with E-state index in [1.807, 2.05) is 0 Å². The standard InChI is InChI=1S/C9H10F3N/c10-7-3-1-2-6(4-7)8(13)5-9(11)12/h1-4,8-9H,5,13H2/t8-/m0/s1. The van der Waals surface area contributed by atoms with Gasteiger partial charge in [-0.25, -0.2) is 13.2 Å². The van der Waals surface area contributed by atoms with Gasteiger partial charge in [0.05, 0.1) is 0 Å². The maximum atomic E-state index is 12.6. The summed E-state index contributed by atoms with van der Waals surface area (Å²) in [7, 11) is 0. The fourth-order valence-corrected chi connectivity index (χ4v) is 1.07. The van der Waals surface area contributed by atoms with Crippen LogP contribution in [0.1, 0.15) is 18.0 Å². The van der Waals surface area contributed by atoms with E-state index in [1.54, 1.807) is 0 Å². The van der Waals surface area contributed by atoms with Gasteiger partial charge in [-0.3, -0.25) is 0 Å². The first-order valence-corrected chi connectivity index (χ1v) is 3.89. The molecule has 0 aliphatic carbocycles. The van der Waals surface area contributed by atoms with Crippen LogP contribution in [-0.2, 0) is 0 Å². The third-order valence-corrected chi connectivity index (χ3v) is 1.71. The van der Waals surface area contributed by atoms with E-state index >= 15 is 0 Å². The number of benzene rings is 1. The van der Waals surface area contributed by atoms with Crippen molar-refractivity contribution in [3.05, 3.63) is 35.6 Å². The van der Waals surface area contributed by atoms with Crippen LogP contribution in [0.25, 0.3) is 0 Å². The molecule has 0 spiro atoms. The van der Waals surface area contributed by atoms with Crippen molar-refractivity contribution < 1.29 is 13.2 Å². The van der Waals surface area contributed by atoms with Crippen LogP contribution in [0.15, 0.2) is 24.3 Å². The van der Waals surface area contributed by atoms with Crippen molar-refractivity contribution in [3.8, 4) is 0 Å². The normalized spacial score (nSPS) is 13.3. The second kappa shape index (κ2) is 4.28. The van der Waals surface area contributed by atoms with E-state index in [0.717, 1.165) is 0 Å². The Kier molecular flexibility index (Phi) is 3.31. The molecule has 0 aliphatic heterocycles. The van der Waals surface area contributed by atoms with Gasteiger partial charge in [0, 0.05) is 12.5 Å². The largest absolute Gasteiger partial charge is 0.324 e. The van der Waals surface area contributed by atoms with Gasteiger partial charge >= 0.3 is 0 Å². The number of hydrogen-bond donors (Lipinski definition) is 1. The molecule has 2 N–H and O–H groups in total. The van der Waals surface area contributed by atoms with E-state index in [0.29, 0.717) is 5.56 Å². The first-order chi connectivity index (χ1) is 6.09. The summed E-state index contributed by atoms with van der Waals surface area (Å²) in [6.07, 6.45) is -2.90. The molecular weight excluding hydrogens is 179 g/mol. The predicted octanol–water partition coefficient (Wildman–Crippen LogP) is 2.48. The van der Waals surface area contributed by atoms with Crippen LogP contribution >= 0.6 is 0 Å². The van der Waals surface area contributed by atoms with E-state index in [4.69, 9.17) is 5.73 Å². The smallest absolute Gasteiger partial charge is 0.240 e. The van der Waals surface area contributed by atoms with E-state index in [2.05, 4.69) is 0 Å². The molecule has 0 amide bonds. The second-order valence-electron chi connectivity index (χ2n) is 2.79. The Morgan fingerprint density at radius 1 is 1.31 bits per heavy atom. The monoisotopic (exact) mass is 189 g/mol. The highest BCUT2D eigenvalue weighted by Crippen LogP contribution is 2.18. The summed E-state index contributed by atoms with van der Waals surface area (Å²) in [5.41, 5.74) is 5.82. The Morgan fingerprint density at radius 3 is 2.54 bits per heavy atom. The van der Waals surface area contributed by atoms with Crippen molar-refractivity contribution in [2.75, 3.05) is 0 Å². The molecule has 1 aromatic carbocycles. The molecule has 1 nitrogen and oxygen atoms in total. The van der Waals surface area contributed by atoms with Crippen LogP contribution in [0.4, 0.5) is 13.2 Å². The third-order valence-electron chi connectivity index (χ3n) is 1.71. The van der Waals surface area contributed by atoms with Crippen molar-refractivity contribution in [1.29, 1.82) is 0 Å². The lowest BCUT2D eigenvalue weighted by atomic mass is 10.1. The van der Waals surface area contributed by atoms with Gasteiger partial charge in [0.25, 0.3) is 0 Å². The molecule has 1 rings (SSSR count). The summed E-state index contributed by atoms with van der Waals surface area (Å²) < 4.78 is 36.4. The van der Waals surface area contributed by atoms with E-state index in [9.17, 15) is 13.2 Å².